The van der Waals surface area contributed by atoms with Gasteiger partial charge in [-0.15, -0.1) is 0 Å². The van der Waals surface area contributed by atoms with Crippen molar-refractivity contribution in [1.82, 2.24) is 0 Å². The largest absolute Gasteiger partial charge is 0.462 e. The Morgan fingerprint density at radius 1 is 0.923 bits per heavy atom. The molecule has 0 spiro atoms. The number of carbonyl (C=O) groups is 1. The maximum Gasteiger partial charge on any atom is 0.309 e. The monoisotopic (exact) mass is 408 g/mol. The second kappa shape index (κ2) is 7.07. The van der Waals surface area contributed by atoms with Crippen LogP contribution >= 0.6 is 34.8 Å². The highest BCUT2D eigenvalue weighted by atomic mass is 35.5. The Morgan fingerprint density at radius 3 is 2.27 bits per heavy atom. The fraction of sp³-hybridized carbons (Fsp3) is 0.381. The van der Waals surface area contributed by atoms with E-state index in [9.17, 15) is 4.79 Å². The van der Waals surface area contributed by atoms with Crippen LogP contribution in [0.2, 0.25) is 15.1 Å². The molecule has 1 aliphatic carbocycles. The quantitative estimate of drug-likeness (QED) is 0.530. The zero-order valence-electron chi connectivity index (χ0n) is 14.3. The summed E-state index contributed by atoms with van der Waals surface area (Å²) in [5.41, 5.74) is 2.26. The Kier molecular flexibility index (Phi) is 4.94. The van der Waals surface area contributed by atoms with E-state index in [4.69, 9.17) is 39.5 Å². The zero-order valence-corrected chi connectivity index (χ0v) is 16.6. The van der Waals surface area contributed by atoms with Crippen molar-refractivity contribution in [2.75, 3.05) is 0 Å². The molecule has 1 aliphatic heterocycles. The zero-order chi connectivity index (χ0) is 18.4. The fourth-order valence-electron chi connectivity index (χ4n) is 4.78. The fourth-order valence-corrected chi connectivity index (χ4v) is 5.46. The molecule has 0 N–H and O–H groups in total. The highest BCUT2D eigenvalue weighted by Gasteiger charge is 2.52. The van der Waals surface area contributed by atoms with E-state index in [1.807, 2.05) is 31.2 Å². The minimum Gasteiger partial charge on any atom is -0.462 e. The lowest BCUT2D eigenvalue weighted by molar-refractivity contribution is -0.143. The van der Waals surface area contributed by atoms with Gasteiger partial charge in [0.25, 0.3) is 0 Å². The van der Waals surface area contributed by atoms with Crippen LogP contribution in [0.15, 0.2) is 42.5 Å². The lowest BCUT2D eigenvalue weighted by Crippen LogP contribution is -2.35. The first-order valence-electron chi connectivity index (χ1n) is 8.86. The van der Waals surface area contributed by atoms with Crippen molar-refractivity contribution in [3.05, 3.63) is 68.7 Å². The van der Waals surface area contributed by atoms with Crippen LogP contribution in [0.1, 0.15) is 42.7 Å². The third-order valence-electron chi connectivity index (χ3n) is 5.87. The molecule has 1 saturated carbocycles. The molecule has 5 atom stereocenters. The van der Waals surface area contributed by atoms with E-state index in [0.717, 1.165) is 18.4 Å². The van der Waals surface area contributed by atoms with Crippen LogP contribution in [0.4, 0.5) is 0 Å². The third kappa shape index (κ3) is 3.13. The minimum atomic E-state index is -0.109. The maximum atomic E-state index is 12.3. The molecule has 0 amide bonds. The van der Waals surface area contributed by atoms with Crippen LogP contribution < -0.4 is 0 Å². The van der Waals surface area contributed by atoms with Crippen LogP contribution in [0, 0.1) is 11.8 Å². The van der Waals surface area contributed by atoms with Gasteiger partial charge in [0, 0.05) is 21.0 Å². The molecule has 26 heavy (non-hydrogen) atoms. The first kappa shape index (κ1) is 18.2. The number of benzene rings is 2. The standard InChI is InChI=1S/C21H19Cl3O2/c1-11-19-17(21(25)26-11)9-8-16(15-7-6-14(23)10-18(15)24)20(19)12-2-4-13(22)5-3-12/h2-7,10-11,16-17,19-20H,8-9H2,1H3/t11-,16+,17-,19-,20+/m1/s1. The van der Waals surface area contributed by atoms with E-state index in [0.29, 0.717) is 15.1 Å². The Bertz CT molecular complexity index is 834. The number of fused-ring (bicyclic) bond motifs is 1. The predicted molar refractivity (Wildman–Crippen MR) is 105 cm³/mol. The van der Waals surface area contributed by atoms with Crippen molar-refractivity contribution in [3.8, 4) is 0 Å². The highest BCUT2D eigenvalue weighted by Crippen LogP contribution is 2.55. The van der Waals surface area contributed by atoms with Crippen molar-refractivity contribution in [3.63, 3.8) is 0 Å². The van der Waals surface area contributed by atoms with Gasteiger partial charge in [-0.25, -0.2) is 0 Å². The number of esters is 1. The van der Waals surface area contributed by atoms with Crippen molar-refractivity contribution in [2.45, 2.75) is 37.7 Å². The Morgan fingerprint density at radius 2 is 1.58 bits per heavy atom. The summed E-state index contributed by atoms with van der Waals surface area (Å²) in [6, 6.07) is 13.6. The normalized spacial score (nSPS) is 30.8. The summed E-state index contributed by atoms with van der Waals surface area (Å²) >= 11 is 18.7. The molecule has 2 aromatic carbocycles. The lowest BCUT2D eigenvalue weighted by atomic mass is 9.62. The molecule has 1 heterocycles. The van der Waals surface area contributed by atoms with Crippen molar-refractivity contribution >= 4 is 40.8 Å². The molecule has 2 nitrogen and oxygen atoms in total. The van der Waals surface area contributed by atoms with Gasteiger partial charge in [0.2, 0.25) is 0 Å². The molecule has 0 unspecified atom stereocenters. The molecule has 2 aliphatic rings. The summed E-state index contributed by atoms with van der Waals surface area (Å²) in [6.07, 6.45) is 1.60. The van der Waals surface area contributed by atoms with Gasteiger partial charge in [-0.3, -0.25) is 4.79 Å². The lowest BCUT2D eigenvalue weighted by Gasteiger charge is -2.40. The van der Waals surface area contributed by atoms with Crippen molar-refractivity contribution in [2.24, 2.45) is 11.8 Å². The second-order valence-corrected chi connectivity index (χ2v) is 8.53. The van der Waals surface area contributed by atoms with Gasteiger partial charge in [0.15, 0.2) is 0 Å². The molecule has 2 fully saturated rings. The van der Waals surface area contributed by atoms with Crippen LogP contribution in [0.25, 0.3) is 0 Å². The summed E-state index contributed by atoms with van der Waals surface area (Å²) in [6.45, 7) is 2.00. The van der Waals surface area contributed by atoms with Gasteiger partial charge in [-0.2, -0.15) is 0 Å². The number of ether oxygens (including phenoxy) is 1. The maximum absolute atomic E-state index is 12.3. The first-order valence-corrected chi connectivity index (χ1v) is 10.00. The van der Waals surface area contributed by atoms with Gasteiger partial charge >= 0.3 is 5.97 Å². The Labute approximate surface area is 168 Å². The van der Waals surface area contributed by atoms with E-state index in [1.54, 1.807) is 6.07 Å². The van der Waals surface area contributed by atoms with Crippen LogP contribution in [-0.4, -0.2) is 12.1 Å². The highest BCUT2D eigenvalue weighted by molar-refractivity contribution is 6.35. The summed E-state index contributed by atoms with van der Waals surface area (Å²) in [5.74, 6) is 0.370. The SMILES string of the molecule is C[C@H]1OC(=O)[C@@H]2CC[C@@H](c3ccc(Cl)cc3Cl)[C@H](c3ccc(Cl)cc3)[C@H]12. The number of rotatable bonds is 2. The van der Waals surface area contributed by atoms with E-state index < -0.39 is 0 Å². The van der Waals surface area contributed by atoms with Crippen LogP contribution in [0.5, 0.6) is 0 Å². The molecule has 1 saturated heterocycles. The van der Waals surface area contributed by atoms with E-state index in [-0.39, 0.29) is 35.7 Å². The Hall–Kier alpha value is -1.22. The molecular weight excluding hydrogens is 391 g/mol. The van der Waals surface area contributed by atoms with Gasteiger partial charge in [0.1, 0.15) is 6.10 Å². The smallest absolute Gasteiger partial charge is 0.309 e. The number of hydrogen-bond donors (Lipinski definition) is 0. The van der Waals surface area contributed by atoms with E-state index in [2.05, 4.69) is 12.1 Å². The van der Waals surface area contributed by atoms with Crippen molar-refractivity contribution < 1.29 is 9.53 Å². The number of hydrogen-bond acceptors (Lipinski definition) is 2. The van der Waals surface area contributed by atoms with Gasteiger partial charge in [-0.1, -0.05) is 53.0 Å². The molecular formula is C21H19Cl3O2. The number of carbonyl (C=O) groups excluding carboxylic acids is 1. The minimum absolute atomic E-state index is 0.0481. The summed E-state index contributed by atoms with van der Waals surface area (Å²) in [7, 11) is 0. The Balaban J connectivity index is 1.81. The average Bonchev–Trinajstić information content (AvgIpc) is 2.90. The molecule has 4 rings (SSSR count). The number of cyclic esters (lactones) is 1. The van der Waals surface area contributed by atoms with E-state index in [1.165, 1.54) is 5.56 Å². The summed E-state index contributed by atoms with van der Waals surface area (Å²) in [5, 5.41) is 2.01. The van der Waals surface area contributed by atoms with Crippen LogP contribution in [0.3, 0.4) is 0 Å². The molecule has 0 aromatic heterocycles. The molecule has 136 valence electrons. The first-order chi connectivity index (χ1) is 12.5. The average molecular weight is 410 g/mol. The van der Waals surface area contributed by atoms with Gasteiger partial charge in [0.05, 0.1) is 5.92 Å². The molecule has 5 heteroatoms. The molecule has 2 aromatic rings. The topological polar surface area (TPSA) is 26.3 Å². The van der Waals surface area contributed by atoms with Gasteiger partial charge in [-0.05, 0) is 67.0 Å². The van der Waals surface area contributed by atoms with Gasteiger partial charge < -0.3 is 4.74 Å². The second-order valence-electron chi connectivity index (χ2n) is 7.25. The summed E-state index contributed by atoms with van der Waals surface area (Å²) in [4.78, 5) is 12.3. The van der Waals surface area contributed by atoms with Crippen LogP contribution in [-0.2, 0) is 9.53 Å². The molecule has 0 radical (unpaired) electrons. The molecule has 0 bridgehead atoms. The predicted octanol–water partition coefficient (Wildman–Crippen LogP) is 6.49. The summed E-state index contributed by atoms with van der Waals surface area (Å²) < 4.78 is 5.60. The third-order valence-corrected chi connectivity index (χ3v) is 6.68. The van der Waals surface area contributed by atoms with E-state index >= 15 is 0 Å². The number of halogens is 3. The van der Waals surface area contributed by atoms with Crippen molar-refractivity contribution in [1.29, 1.82) is 0 Å².